The van der Waals surface area contributed by atoms with Crippen LogP contribution in [0.3, 0.4) is 0 Å². The van der Waals surface area contributed by atoms with E-state index in [1.54, 1.807) is 0 Å². The first-order valence-corrected chi connectivity index (χ1v) is 2.97. The summed E-state index contributed by atoms with van der Waals surface area (Å²) in [4.78, 5) is 20.8. The Morgan fingerprint density at radius 2 is 2.27 bits per heavy atom. The highest BCUT2D eigenvalue weighted by atomic mass is 16.5. The minimum absolute atomic E-state index is 0.109. The Morgan fingerprint density at radius 1 is 1.64 bits per heavy atom. The number of carbonyl (C=O) groups is 2. The van der Waals surface area contributed by atoms with Crippen molar-refractivity contribution in [1.29, 1.82) is 0 Å². The van der Waals surface area contributed by atoms with Crippen molar-refractivity contribution < 1.29 is 19.5 Å². The fourth-order valence-electron chi connectivity index (χ4n) is 0.418. The van der Waals surface area contributed by atoms with Crippen molar-refractivity contribution in [2.75, 3.05) is 6.61 Å². The maximum atomic E-state index is 10.5. The lowest BCUT2D eigenvalue weighted by atomic mass is 10.3. The zero-order chi connectivity index (χ0) is 8.69. The van der Waals surface area contributed by atoms with E-state index >= 15 is 0 Å². The lowest BCUT2D eigenvalue weighted by Crippen LogP contribution is -2.10. The molecule has 0 unspecified atom stereocenters. The maximum Gasteiger partial charge on any atom is 0.313 e. The molecule has 1 N–H and O–H groups in total. The van der Waals surface area contributed by atoms with Gasteiger partial charge in [-0.25, -0.2) is 0 Å². The molecule has 0 aromatic heterocycles. The minimum Gasteiger partial charge on any atom is -0.459 e. The number of carbonyl (C=O) groups excluding carboxylic acids is 2. The Bertz CT molecular complexity index is 175. The fraction of sp³-hybridized carbons (Fsp3) is 0.500. The molecule has 0 fully saturated rings. The van der Waals surface area contributed by atoms with Crippen molar-refractivity contribution in [2.24, 2.45) is 5.16 Å². The van der Waals surface area contributed by atoms with Crippen LogP contribution in [-0.2, 0) is 14.3 Å². The minimum atomic E-state index is -0.614. The molecule has 0 aliphatic rings. The Morgan fingerprint density at radius 3 is 2.73 bits per heavy atom. The average molecular weight is 159 g/mol. The van der Waals surface area contributed by atoms with Gasteiger partial charge in [0.2, 0.25) is 0 Å². The molecule has 0 saturated carbocycles. The van der Waals surface area contributed by atoms with Crippen molar-refractivity contribution in [2.45, 2.75) is 13.3 Å². The van der Waals surface area contributed by atoms with Crippen molar-refractivity contribution in [1.82, 2.24) is 0 Å². The Hall–Kier alpha value is -1.39. The van der Waals surface area contributed by atoms with Gasteiger partial charge >= 0.3 is 5.97 Å². The van der Waals surface area contributed by atoms with Gasteiger partial charge in [0.15, 0.2) is 0 Å². The average Bonchev–Trinajstić information content (AvgIpc) is 1.86. The number of hydrogen-bond donors (Lipinski definition) is 1. The maximum absolute atomic E-state index is 10.5. The van der Waals surface area contributed by atoms with E-state index in [9.17, 15) is 9.59 Å². The predicted octanol–water partition coefficient (Wildman–Crippen LogP) is -0.0313. The molecule has 5 nitrogen and oxygen atoms in total. The number of ketones is 1. The number of hydrogen-bond acceptors (Lipinski definition) is 5. The van der Waals surface area contributed by atoms with Crippen molar-refractivity contribution in [3.63, 3.8) is 0 Å². The van der Waals surface area contributed by atoms with E-state index < -0.39 is 5.97 Å². The van der Waals surface area contributed by atoms with E-state index in [1.807, 2.05) is 0 Å². The number of ether oxygens (including phenoxy) is 1. The predicted molar refractivity (Wildman–Crippen MR) is 36.5 cm³/mol. The van der Waals surface area contributed by atoms with Crippen LogP contribution in [0.25, 0.3) is 0 Å². The Kier molecular flexibility index (Phi) is 4.72. The van der Waals surface area contributed by atoms with E-state index in [0.717, 1.165) is 6.21 Å². The lowest BCUT2D eigenvalue weighted by Gasteiger charge is -1.96. The summed E-state index contributed by atoms with van der Waals surface area (Å²) in [6.45, 7) is 1.18. The third-order valence-corrected chi connectivity index (χ3v) is 0.794. The highest BCUT2D eigenvalue weighted by Gasteiger charge is 2.04. The van der Waals surface area contributed by atoms with Crippen LogP contribution in [0.4, 0.5) is 0 Å². The first-order chi connectivity index (χ1) is 5.16. The molecule has 0 amide bonds. The molecule has 0 aromatic carbocycles. The summed E-state index contributed by atoms with van der Waals surface area (Å²) < 4.78 is 4.42. The van der Waals surface area contributed by atoms with Crippen LogP contribution in [0.5, 0.6) is 0 Å². The van der Waals surface area contributed by atoms with Crippen LogP contribution < -0.4 is 0 Å². The molecule has 11 heavy (non-hydrogen) atoms. The van der Waals surface area contributed by atoms with Gasteiger partial charge in [-0.3, -0.25) is 9.59 Å². The summed E-state index contributed by atoms with van der Waals surface area (Å²) in [5.74, 6) is -0.867. The van der Waals surface area contributed by atoms with Crippen LogP contribution in [0.1, 0.15) is 13.3 Å². The quantitative estimate of drug-likeness (QED) is 0.205. The number of oxime groups is 1. The topological polar surface area (TPSA) is 76.0 Å². The molecule has 0 aromatic rings. The van der Waals surface area contributed by atoms with Gasteiger partial charge in [-0.05, 0) is 6.92 Å². The standard InChI is InChI=1S/C6H9NO4/c1-5(8)4-6(9)11-3-2-7-10/h2,10H,3-4H2,1H3/b7-2+. The summed E-state index contributed by atoms with van der Waals surface area (Å²) in [6, 6.07) is 0. The van der Waals surface area contributed by atoms with Gasteiger partial charge in [-0.2, -0.15) is 0 Å². The Labute approximate surface area is 63.6 Å². The van der Waals surface area contributed by atoms with E-state index in [-0.39, 0.29) is 18.8 Å². The van der Waals surface area contributed by atoms with E-state index in [4.69, 9.17) is 5.21 Å². The molecule has 0 spiro atoms. The van der Waals surface area contributed by atoms with Gasteiger partial charge in [0.05, 0.1) is 6.21 Å². The fourth-order valence-corrected chi connectivity index (χ4v) is 0.418. The zero-order valence-corrected chi connectivity index (χ0v) is 6.11. The van der Waals surface area contributed by atoms with Gasteiger partial charge in [-0.1, -0.05) is 5.16 Å². The number of Topliss-reactive ketones (excluding diaryl/α,β-unsaturated/α-hetero) is 1. The SMILES string of the molecule is CC(=O)CC(=O)OC/C=N/O. The van der Waals surface area contributed by atoms with Gasteiger partial charge in [0.25, 0.3) is 0 Å². The molecule has 0 aliphatic heterocycles. The molecule has 62 valence electrons. The monoisotopic (exact) mass is 159 g/mol. The van der Waals surface area contributed by atoms with Crippen molar-refractivity contribution >= 4 is 18.0 Å². The van der Waals surface area contributed by atoms with E-state index in [2.05, 4.69) is 9.89 Å². The van der Waals surface area contributed by atoms with Gasteiger partial charge in [0.1, 0.15) is 18.8 Å². The molecule has 0 radical (unpaired) electrons. The van der Waals surface area contributed by atoms with E-state index in [0.29, 0.717) is 0 Å². The van der Waals surface area contributed by atoms with Crippen LogP contribution >= 0.6 is 0 Å². The second kappa shape index (κ2) is 5.40. The van der Waals surface area contributed by atoms with Gasteiger partial charge < -0.3 is 9.94 Å². The molecule has 0 rings (SSSR count). The first-order valence-electron chi connectivity index (χ1n) is 2.97. The zero-order valence-electron chi connectivity index (χ0n) is 6.11. The highest BCUT2D eigenvalue weighted by Crippen LogP contribution is 1.86. The largest absolute Gasteiger partial charge is 0.459 e. The number of nitrogens with zero attached hydrogens (tertiary/aromatic N) is 1. The second-order valence-electron chi connectivity index (χ2n) is 1.86. The second-order valence-corrected chi connectivity index (χ2v) is 1.86. The molecular formula is C6H9NO4. The van der Waals surface area contributed by atoms with Crippen LogP contribution in [-0.4, -0.2) is 29.8 Å². The lowest BCUT2D eigenvalue weighted by molar-refractivity contribution is -0.144. The highest BCUT2D eigenvalue weighted by molar-refractivity contribution is 5.94. The molecule has 0 aliphatic carbocycles. The van der Waals surface area contributed by atoms with Crippen molar-refractivity contribution in [3.05, 3.63) is 0 Å². The summed E-state index contributed by atoms with van der Waals surface area (Å²) >= 11 is 0. The van der Waals surface area contributed by atoms with E-state index in [1.165, 1.54) is 6.92 Å². The Balaban J connectivity index is 3.45. The van der Waals surface area contributed by atoms with Crippen molar-refractivity contribution in [3.8, 4) is 0 Å². The molecular weight excluding hydrogens is 150 g/mol. The van der Waals surface area contributed by atoms with Gasteiger partial charge in [-0.15, -0.1) is 0 Å². The summed E-state index contributed by atoms with van der Waals surface area (Å²) in [7, 11) is 0. The third kappa shape index (κ3) is 6.50. The van der Waals surface area contributed by atoms with Crippen LogP contribution in [0, 0.1) is 0 Å². The normalized spacial score (nSPS) is 9.91. The number of rotatable bonds is 4. The smallest absolute Gasteiger partial charge is 0.313 e. The summed E-state index contributed by atoms with van der Waals surface area (Å²) in [5, 5.41) is 10.5. The molecule has 5 heteroatoms. The first kappa shape index (κ1) is 9.61. The van der Waals surface area contributed by atoms with Crippen LogP contribution in [0.2, 0.25) is 0 Å². The molecule has 0 bridgehead atoms. The molecule has 0 saturated heterocycles. The number of esters is 1. The molecule has 0 heterocycles. The molecule has 0 atom stereocenters. The summed E-state index contributed by atoms with van der Waals surface area (Å²) in [5.41, 5.74) is 0. The summed E-state index contributed by atoms with van der Waals surface area (Å²) in [6.07, 6.45) is 0.775. The van der Waals surface area contributed by atoms with Crippen LogP contribution in [0.15, 0.2) is 5.16 Å². The van der Waals surface area contributed by atoms with Gasteiger partial charge in [0, 0.05) is 0 Å². The third-order valence-electron chi connectivity index (χ3n) is 0.794.